The fourth-order valence-electron chi connectivity index (χ4n) is 3.82. The van der Waals surface area contributed by atoms with E-state index in [0.717, 1.165) is 48.8 Å². The second kappa shape index (κ2) is 11.3. The monoisotopic (exact) mass is 439 g/mol. The summed E-state index contributed by atoms with van der Waals surface area (Å²) in [5.41, 5.74) is 3.26. The zero-order valence-electron chi connectivity index (χ0n) is 19.6. The van der Waals surface area contributed by atoms with E-state index in [4.69, 9.17) is 14.2 Å². The first-order valence-electron chi connectivity index (χ1n) is 10.8. The van der Waals surface area contributed by atoms with Gasteiger partial charge in [-0.15, -0.1) is 0 Å². The van der Waals surface area contributed by atoms with Gasteiger partial charge in [-0.05, 0) is 38.0 Å². The normalized spacial score (nSPS) is 11.5. The third kappa shape index (κ3) is 5.25. The molecule has 172 valence electrons. The molecule has 3 aromatic rings. The third-order valence-electron chi connectivity index (χ3n) is 5.39. The van der Waals surface area contributed by atoms with Crippen LogP contribution in [-0.2, 0) is 13.0 Å². The van der Waals surface area contributed by atoms with E-state index in [2.05, 4.69) is 50.3 Å². The highest BCUT2D eigenvalue weighted by Gasteiger charge is 2.15. The van der Waals surface area contributed by atoms with Gasteiger partial charge in [0.25, 0.3) is 0 Å². The van der Waals surface area contributed by atoms with Crippen LogP contribution in [-0.4, -0.2) is 57.0 Å². The van der Waals surface area contributed by atoms with E-state index in [1.165, 1.54) is 5.52 Å². The second-order valence-electron chi connectivity index (χ2n) is 7.32. The summed E-state index contributed by atoms with van der Waals surface area (Å²) < 4.78 is 18.6. The van der Waals surface area contributed by atoms with Gasteiger partial charge in [0.05, 0.1) is 32.4 Å². The summed E-state index contributed by atoms with van der Waals surface area (Å²) in [4.78, 5) is 8.95. The molecular weight excluding hydrogens is 406 g/mol. The number of aromatic nitrogens is 2. The van der Waals surface area contributed by atoms with E-state index in [-0.39, 0.29) is 0 Å². The van der Waals surface area contributed by atoms with Gasteiger partial charge in [-0.1, -0.05) is 18.2 Å². The highest BCUT2D eigenvalue weighted by Crippen LogP contribution is 2.39. The van der Waals surface area contributed by atoms with Crippen LogP contribution in [0.25, 0.3) is 11.0 Å². The number of nitrogens with zero attached hydrogens (tertiary/aromatic N) is 3. The number of imidazole rings is 1. The lowest BCUT2D eigenvalue weighted by Gasteiger charge is -2.17. The van der Waals surface area contributed by atoms with Crippen LogP contribution < -0.4 is 24.8 Å². The van der Waals surface area contributed by atoms with Crippen molar-refractivity contribution in [3.63, 3.8) is 0 Å². The first-order chi connectivity index (χ1) is 15.6. The number of para-hydroxylation sites is 2. The van der Waals surface area contributed by atoms with Crippen molar-refractivity contribution in [3.05, 3.63) is 47.8 Å². The molecule has 0 saturated heterocycles. The minimum Gasteiger partial charge on any atom is -0.493 e. The maximum Gasteiger partial charge on any atom is 0.203 e. The summed E-state index contributed by atoms with van der Waals surface area (Å²) in [7, 11) is 6.65. The molecule has 2 aromatic carbocycles. The van der Waals surface area contributed by atoms with Gasteiger partial charge in [-0.25, -0.2) is 4.98 Å². The van der Waals surface area contributed by atoms with Crippen molar-refractivity contribution in [3.8, 4) is 17.2 Å². The Morgan fingerprint density at radius 3 is 2.44 bits per heavy atom. The third-order valence-corrected chi connectivity index (χ3v) is 5.39. The summed E-state index contributed by atoms with van der Waals surface area (Å²) in [6.45, 7) is 4.47. The van der Waals surface area contributed by atoms with Crippen molar-refractivity contribution in [2.45, 2.75) is 26.3 Å². The molecule has 0 aliphatic heterocycles. The van der Waals surface area contributed by atoms with E-state index >= 15 is 0 Å². The number of aryl methyl sites for hydroxylation is 2. The lowest BCUT2D eigenvalue weighted by atomic mass is 10.1. The minimum absolute atomic E-state index is 0.609. The van der Waals surface area contributed by atoms with Gasteiger partial charge in [0, 0.05) is 32.2 Å². The zero-order valence-corrected chi connectivity index (χ0v) is 19.6. The van der Waals surface area contributed by atoms with Gasteiger partial charge in [0.15, 0.2) is 17.5 Å². The van der Waals surface area contributed by atoms with Gasteiger partial charge in [-0.2, -0.15) is 0 Å². The molecule has 0 saturated carbocycles. The standard InChI is InChI=1S/C24H33N5O3/c1-17-28-19-9-6-7-10-20(19)29(17)16-8-14-26-24(25-2)27-15-13-18-11-12-21(30-3)23(32-5)22(18)31-4/h6-7,9-12H,8,13-16H2,1-5H3,(H2,25,26,27). The number of methoxy groups -OCH3 is 3. The summed E-state index contributed by atoms with van der Waals surface area (Å²) >= 11 is 0. The molecule has 8 nitrogen and oxygen atoms in total. The molecule has 0 spiro atoms. The molecule has 0 aliphatic rings. The van der Waals surface area contributed by atoms with Gasteiger partial charge in [0.2, 0.25) is 5.75 Å². The molecule has 2 N–H and O–H groups in total. The Kier molecular flexibility index (Phi) is 8.19. The average Bonchev–Trinajstić information content (AvgIpc) is 3.14. The Morgan fingerprint density at radius 2 is 1.72 bits per heavy atom. The lowest BCUT2D eigenvalue weighted by molar-refractivity contribution is 0.322. The summed E-state index contributed by atoms with van der Waals surface area (Å²) in [5.74, 6) is 3.77. The number of ether oxygens (including phenoxy) is 3. The Hall–Kier alpha value is -3.42. The van der Waals surface area contributed by atoms with Gasteiger partial charge < -0.3 is 29.4 Å². The van der Waals surface area contributed by atoms with Crippen LogP contribution in [0.3, 0.4) is 0 Å². The first-order valence-corrected chi connectivity index (χ1v) is 10.8. The molecule has 1 aromatic heterocycles. The summed E-state index contributed by atoms with van der Waals surface area (Å²) in [6.07, 6.45) is 1.72. The van der Waals surface area contributed by atoms with Crippen LogP contribution in [0.1, 0.15) is 17.8 Å². The molecule has 8 heteroatoms. The maximum absolute atomic E-state index is 5.56. The highest BCUT2D eigenvalue weighted by molar-refractivity contribution is 5.79. The van der Waals surface area contributed by atoms with Crippen molar-refractivity contribution >= 4 is 17.0 Å². The van der Waals surface area contributed by atoms with Crippen molar-refractivity contribution in [2.24, 2.45) is 4.99 Å². The number of benzene rings is 2. The molecule has 0 amide bonds. The molecule has 0 bridgehead atoms. The molecule has 0 radical (unpaired) electrons. The van der Waals surface area contributed by atoms with Crippen LogP contribution in [0, 0.1) is 6.92 Å². The Morgan fingerprint density at radius 1 is 0.969 bits per heavy atom. The van der Waals surface area contributed by atoms with E-state index in [9.17, 15) is 0 Å². The molecular formula is C24H33N5O3. The second-order valence-corrected chi connectivity index (χ2v) is 7.32. The largest absolute Gasteiger partial charge is 0.493 e. The first kappa shape index (κ1) is 23.2. The molecule has 3 rings (SSSR count). The quantitative estimate of drug-likeness (QED) is 0.287. The van der Waals surface area contributed by atoms with Crippen LogP contribution in [0.2, 0.25) is 0 Å². The predicted molar refractivity (Wildman–Crippen MR) is 128 cm³/mol. The molecule has 0 unspecified atom stereocenters. The van der Waals surface area contributed by atoms with Crippen molar-refractivity contribution in [1.29, 1.82) is 0 Å². The number of rotatable bonds is 10. The van der Waals surface area contributed by atoms with E-state index < -0.39 is 0 Å². The topological polar surface area (TPSA) is 81.9 Å². The Labute approximate surface area is 189 Å². The van der Waals surface area contributed by atoms with Crippen LogP contribution in [0.4, 0.5) is 0 Å². The zero-order chi connectivity index (χ0) is 22.9. The summed E-state index contributed by atoms with van der Waals surface area (Å²) in [6, 6.07) is 12.1. The number of hydrogen-bond donors (Lipinski definition) is 2. The number of hydrogen-bond acceptors (Lipinski definition) is 5. The molecule has 1 heterocycles. The number of aliphatic imine (C=N–C) groups is 1. The number of guanidine groups is 1. The smallest absolute Gasteiger partial charge is 0.203 e. The molecule has 0 aliphatic carbocycles. The van der Waals surface area contributed by atoms with Crippen LogP contribution in [0.15, 0.2) is 41.4 Å². The van der Waals surface area contributed by atoms with Crippen molar-refractivity contribution in [2.75, 3.05) is 41.5 Å². The fraction of sp³-hybridized carbons (Fsp3) is 0.417. The van der Waals surface area contributed by atoms with E-state index in [1.54, 1.807) is 28.4 Å². The van der Waals surface area contributed by atoms with Gasteiger partial charge in [-0.3, -0.25) is 4.99 Å². The maximum atomic E-state index is 5.56. The minimum atomic E-state index is 0.609. The highest BCUT2D eigenvalue weighted by atomic mass is 16.5. The predicted octanol–water partition coefficient (Wildman–Crippen LogP) is 3.17. The van der Waals surface area contributed by atoms with Crippen molar-refractivity contribution < 1.29 is 14.2 Å². The Bertz CT molecular complexity index is 1060. The van der Waals surface area contributed by atoms with Crippen LogP contribution in [0.5, 0.6) is 17.2 Å². The average molecular weight is 440 g/mol. The fourth-order valence-corrected chi connectivity index (χ4v) is 3.82. The molecule has 0 fully saturated rings. The molecule has 0 atom stereocenters. The van der Waals surface area contributed by atoms with E-state index in [0.29, 0.717) is 23.8 Å². The molecule has 32 heavy (non-hydrogen) atoms. The van der Waals surface area contributed by atoms with Gasteiger partial charge >= 0.3 is 0 Å². The Balaban J connectivity index is 1.49. The SMILES string of the molecule is CN=C(NCCCn1c(C)nc2ccccc21)NCCc1ccc(OC)c(OC)c1OC. The van der Waals surface area contributed by atoms with Crippen LogP contribution >= 0.6 is 0 Å². The lowest BCUT2D eigenvalue weighted by Crippen LogP contribution is -2.39. The van der Waals surface area contributed by atoms with Gasteiger partial charge in [0.1, 0.15) is 5.82 Å². The number of fused-ring (bicyclic) bond motifs is 1. The number of nitrogens with one attached hydrogen (secondary N) is 2. The van der Waals surface area contributed by atoms with E-state index in [1.807, 2.05) is 18.2 Å². The summed E-state index contributed by atoms with van der Waals surface area (Å²) in [5, 5.41) is 6.75. The van der Waals surface area contributed by atoms with Crippen molar-refractivity contribution in [1.82, 2.24) is 20.2 Å².